The van der Waals surface area contributed by atoms with Gasteiger partial charge in [0.25, 0.3) is 5.91 Å². The normalized spacial score (nSPS) is 12.0. The van der Waals surface area contributed by atoms with Crippen molar-refractivity contribution >= 4 is 11.9 Å². The van der Waals surface area contributed by atoms with Gasteiger partial charge in [-0.15, -0.1) is 0 Å². The lowest BCUT2D eigenvalue weighted by atomic mass is 9.95. The number of rotatable bonds is 5. The first-order chi connectivity index (χ1) is 10.5. The van der Waals surface area contributed by atoms with Crippen molar-refractivity contribution in [1.29, 1.82) is 0 Å². The predicted octanol–water partition coefficient (Wildman–Crippen LogP) is 3.51. The van der Waals surface area contributed by atoms with Crippen LogP contribution in [0.15, 0.2) is 54.6 Å². The monoisotopic (exact) mass is 297 g/mol. The molecule has 22 heavy (non-hydrogen) atoms. The topological polar surface area (TPSA) is 66.4 Å². The third-order valence-corrected chi connectivity index (χ3v) is 3.51. The molecule has 4 heteroatoms. The lowest BCUT2D eigenvalue weighted by molar-refractivity contribution is 0.0690. The SMILES string of the molecule is CC(C)C(NC(=O)c1ccccc1C(=O)O)c1ccccc1. The highest BCUT2D eigenvalue weighted by Gasteiger charge is 2.21. The van der Waals surface area contributed by atoms with Crippen molar-refractivity contribution in [3.63, 3.8) is 0 Å². The second-order valence-electron chi connectivity index (χ2n) is 5.46. The van der Waals surface area contributed by atoms with Crippen LogP contribution in [-0.4, -0.2) is 17.0 Å². The van der Waals surface area contributed by atoms with Crippen LogP contribution in [0.1, 0.15) is 46.2 Å². The second kappa shape index (κ2) is 6.89. The molecule has 0 aliphatic heterocycles. The molecule has 0 radical (unpaired) electrons. The maximum absolute atomic E-state index is 12.5. The molecule has 4 nitrogen and oxygen atoms in total. The van der Waals surface area contributed by atoms with Crippen molar-refractivity contribution in [2.45, 2.75) is 19.9 Å². The minimum absolute atomic E-state index is 0.00979. The fourth-order valence-electron chi connectivity index (χ4n) is 2.38. The van der Waals surface area contributed by atoms with E-state index in [1.165, 1.54) is 12.1 Å². The Morgan fingerprint density at radius 3 is 2.00 bits per heavy atom. The number of hydrogen-bond acceptors (Lipinski definition) is 2. The number of carboxylic acids is 1. The Labute approximate surface area is 129 Å². The van der Waals surface area contributed by atoms with Gasteiger partial charge in [0.05, 0.1) is 17.2 Å². The number of hydrogen-bond donors (Lipinski definition) is 2. The maximum Gasteiger partial charge on any atom is 0.336 e. The quantitative estimate of drug-likeness (QED) is 0.887. The average molecular weight is 297 g/mol. The summed E-state index contributed by atoms with van der Waals surface area (Å²) in [7, 11) is 0. The molecule has 0 fully saturated rings. The predicted molar refractivity (Wildman–Crippen MR) is 84.9 cm³/mol. The van der Waals surface area contributed by atoms with E-state index in [9.17, 15) is 14.7 Å². The van der Waals surface area contributed by atoms with E-state index in [0.717, 1.165) is 5.56 Å². The molecule has 0 spiro atoms. The molecule has 1 atom stereocenters. The van der Waals surface area contributed by atoms with E-state index in [-0.39, 0.29) is 29.0 Å². The van der Waals surface area contributed by atoms with E-state index in [4.69, 9.17) is 0 Å². The molecule has 114 valence electrons. The fourth-order valence-corrected chi connectivity index (χ4v) is 2.38. The van der Waals surface area contributed by atoms with Gasteiger partial charge in [0.15, 0.2) is 0 Å². The van der Waals surface area contributed by atoms with Gasteiger partial charge < -0.3 is 10.4 Å². The Morgan fingerprint density at radius 1 is 0.909 bits per heavy atom. The van der Waals surface area contributed by atoms with Crippen LogP contribution in [0.2, 0.25) is 0 Å². The molecule has 0 heterocycles. The number of carboxylic acid groups (broad SMARTS) is 1. The van der Waals surface area contributed by atoms with Crippen LogP contribution in [0.5, 0.6) is 0 Å². The summed E-state index contributed by atoms with van der Waals surface area (Å²) in [5.41, 5.74) is 1.19. The molecule has 0 aromatic heterocycles. The van der Waals surface area contributed by atoms with Crippen molar-refractivity contribution in [3.8, 4) is 0 Å². The number of benzene rings is 2. The largest absolute Gasteiger partial charge is 0.478 e. The third kappa shape index (κ3) is 3.52. The van der Waals surface area contributed by atoms with Gasteiger partial charge in [0, 0.05) is 0 Å². The Balaban J connectivity index is 2.28. The van der Waals surface area contributed by atoms with Crippen LogP contribution in [0.3, 0.4) is 0 Å². The van der Waals surface area contributed by atoms with Crippen LogP contribution in [-0.2, 0) is 0 Å². The van der Waals surface area contributed by atoms with Gasteiger partial charge in [0.1, 0.15) is 0 Å². The van der Waals surface area contributed by atoms with E-state index in [1.807, 2.05) is 44.2 Å². The number of carbonyl (C=O) groups is 2. The van der Waals surface area contributed by atoms with Crippen LogP contribution in [0.4, 0.5) is 0 Å². The molecule has 0 saturated carbocycles. The first kappa shape index (κ1) is 15.8. The second-order valence-corrected chi connectivity index (χ2v) is 5.46. The third-order valence-electron chi connectivity index (χ3n) is 3.51. The van der Waals surface area contributed by atoms with Crippen molar-refractivity contribution < 1.29 is 14.7 Å². The first-order valence-electron chi connectivity index (χ1n) is 7.19. The molecule has 0 bridgehead atoms. The van der Waals surface area contributed by atoms with E-state index >= 15 is 0 Å². The summed E-state index contributed by atoms with van der Waals surface area (Å²) < 4.78 is 0. The summed E-state index contributed by atoms with van der Waals surface area (Å²) >= 11 is 0. The van der Waals surface area contributed by atoms with Crippen molar-refractivity contribution in [2.75, 3.05) is 0 Å². The number of aromatic carboxylic acids is 1. The summed E-state index contributed by atoms with van der Waals surface area (Å²) in [6, 6.07) is 15.7. The molecule has 0 aliphatic rings. The smallest absolute Gasteiger partial charge is 0.336 e. The van der Waals surface area contributed by atoms with Gasteiger partial charge >= 0.3 is 5.97 Å². The van der Waals surface area contributed by atoms with Crippen LogP contribution >= 0.6 is 0 Å². The van der Waals surface area contributed by atoms with Gasteiger partial charge in [-0.3, -0.25) is 4.79 Å². The van der Waals surface area contributed by atoms with E-state index in [0.29, 0.717) is 0 Å². The molecule has 1 amide bonds. The summed E-state index contributed by atoms with van der Waals surface area (Å²) in [4.78, 5) is 23.7. The van der Waals surface area contributed by atoms with Gasteiger partial charge in [-0.1, -0.05) is 56.3 Å². The Kier molecular flexibility index (Phi) is 4.94. The highest BCUT2D eigenvalue weighted by molar-refractivity contribution is 6.04. The molecular weight excluding hydrogens is 278 g/mol. The standard InChI is InChI=1S/C18H19NO3/c1-12(2)16(13-8-4-3-5-9-13)19-17(20)14-10-6-7-11-15(14)18(21)22/h3-12,16H,1-2H3,(H,19,20)(H,21,22). The van der Waals surface area contributed by atoms with Gasteiger partial charge in [0.2, 0.25) is 0 Å². The van der Waals surface area contributed by atoms with Crippen LogP contribution in [0.25, 0.3) is 0 Å². The maximum atomic E-state index is 12.5. The molecule has 2 rings (SSSR count). The lowest BCUT2D eigenvalue weighted by Crippen LogP contribution is -2.32. The summed E-state index contributed by atoms with van der Waals surface area (Å²) in [6.45, 7) is 4.03. The van der Waals surface area contributed by atoms with E-state index in [1.54, 1.807) is 12.1 Å². The van der Waals surface area contributed by atoms with E-state index < -0.39 is 5.97 Å². The molecule has 2 N–H and O–H groups in total. The Bertz CT molecular complexity index is 665. The zero-order valence-electron chi connectivity index (χ0n) is 12.6. The Hall–Kier alpha value is -2.62. The molecule has 2 aromatic rings. The van der Waals surface area contributed by atoms with Gasteiger partial charge in [-0.25, -0.2) is 4.79 Å². The molecule has 0 saturated heterocycles. The lowest BCUT2D eigenvalue weighted by Gasteiger charge is -2.23. The zero-order chi connectivity index (χ0) is 16.1. The number of amides is 1. The van der Waals surface area contributed by atoms with Crippen molar-refractivity contribution in [1.82, 2.24) is 5.32 Å². The molecule has 0 aliphatic carbocycles. The van der Waals surface area contributed by atoms with Crippen molar-refractivity contribution in [3.05, 3.63) is 71.3 Å². The fraction of sp³-hybridized carbons (Fsp3) is 0.222. The molecular formula is C18H19NO3. The zero-order valence-corrected chi connectivity index (χ0v) is 12.6. The Morgan fingerprint density at radius 2 is 1.45 bits per heavy atom. The number of nitrogens with one attached hydrogen (secondary N) is 1. The minimum atomic E-state index is -1.11. The number of carbonyl (C=O) groups excluding carboxylic acids is 1. The minimum Gasteiger partial charge on any atom is -0.478 e. The molecule has 2 aromatic carbocycles. The van der Waals surface area contributed by atoms with Crippen LogP contribution in [0, 0.1) is 5.92 Å². The summed E-state index contributed by atoms with van der Waals surface area (Å²) in [5.74, 6) is -1.30. The first-order valence-corrected chi connectivity index (χ1v) is 7.19. The van der Waals surface area contributed by atoms with Crippen molar-refractivity contribution in [2.24, 2.45) is 5.92 Å². The van der Waals surface area contributed by atoms with Crippen LogP contribution < -0.4 is 5.32 Å². The van der Waals surface area contributed by atoms with Gasteiger partial charge in [-0.05, 0) is 23.6 Å². The van der Waals surface area contributed by atoms with Gasteiger partial charge in [-0.2, -0.15) is 0 Å². The highest BCUT2D eigenvalue weighted by atomic mass is 16.4. The van der Waals surface area contributed by atoms with E-state index in [2.05, 4.69) is 5.32 Å². The summed E-state index contributed by atoms with van der Waals surface area (Å²) in [5, 5.41) is 12.1. The average Bonchev–Trinajstić information content (AvgIpc) is 2.52. The molecule has 1 unspecified atom stereocenters. The highest BCUT2D eigenvalue weighted by Crippen LogP contribution is 2.22. The summed E-state index contributed by atoms with van der Waals surface area (Å²) in [6.07, 6.45) is 0.